The molecule has 1 heterocycles. The molecule has 0 spiro atoms. The molecule has 0 aromatic heterocycles. The minimum absolute atomic E-state index is 0.00238. The third-order valence-corrected chi connectivity index (χ3v) is 2.69. The SMILES string of the molecule is CC(CCN)C(=O)NC1(C)CCOC1. The zero-order valence-corrected chi connectivity index (χ0v) is 9.01. The molecule has 1 aliphatic heterocycles. The molecule has 4 heteroatoms. The van der Waals surface area contributed by atoms with Crippen molar-refractivity contribution >= 4 is 5.91 Å². The number of carbonyl (C=O) groups excluding carboxylic acids is 1. The van der Waals surface area contributed by atoms with Crippen molar-refractivity contribution < 1.29 is 9.53 Å². The predicted molar refractivity (Wildman–Crippen MR) is 54.8 cm³/mol. The smallest absolute Gasteiger partial charge is 0.223 e. The van der Waals surface area contributed by atoms with Gasteiger partial charge in [-0.2, -0.15) is 0 Å². The van der Waals surface area contributed by atoms with Crippen LogP contribution in [0.25, 0.3) is 0 Å². The molecule has 2 atom stereocenters. The average Bonchev–Trinajstić information content (AvgIpc) is 2.52. The third kappa shape index (κ3) is 2.96. The van der Waals surface area contributed by atoms with Gasteiger partial charge in [-0.15, -0.1) is 0 Å². The minimum Gasteiger partial charge on any atom is -0.379 e. The Bertz CT molecular complexity index is 200. The second-order valence-electron chi connectivity index (χ2n) is 4.33. The summed E-state index contributed by atoms with van der Waals surface area (Å²) in [5.74, 6) is 0.0841. The lowest BCUT2D eigenvalue weighted by Gasteiger charge is -2.25. The van der Waals surface area contributed by atoms with E-state index in [4.69, 9.17) is 10.5 Å². The van der Waals surface area contributed by atoms with Crippen molar-refractivity contribution in [2.75, 3.05) is 19.8 Å². The van der Waals surface area contributed by atoms with Gasteiger partial charge in [-0.25, -0.2) is 0 Å². The van der Waals surface area contributed by atoms with Gasteiger partial charge in [-0.3, -0.25) is 4.79 Å². The lowest BCUT2D eigenvalue weighted by Crippen LogP contribution is -2.48. The Labute approximate surface area is 85.2 Å². The first-order chi connectivity index (χ1) is 6.57. The molecule has 0 bridgehead atoms. The van der Waals surface area contributed by atoms with Gasteiger partial charge in [0.2, 0.25) is 5.91 Å². The Morgan fingerprint density at radius 2 is 2.43 bits per heavy atom. The molecule has 82 valence electrons. The molecule has 1 fully saturated rings. The molecule has 14 heavy (non-hydrogen) atoms. The second-order valence-corrected chi connectivity index (χ2v) is 4.33. The minimum atomic E-state index is -0.167. The molecule has 1 aliphatic rings. The molecular weight excluding hydrogens is 180 g/mol. The second kappa shape index (κ2) is 4.75. The maximum absolute atomic E-state index is 11.7. The molecule has 0 aromatic rings. The van der Waals surface area contributed by atoms with Crippen molar-refractivity contribution in [3.8, 4) is 0 Å². The van der Waals surface area contributed by atoms with Crippen LogP contribution >= 0.6 is 0 Å². The van der Waals surface area contributed by atoms with Gasteiger partial charge in [0.15, 0.2) is 0 Å². The Kier molecular flexibility index (Phi) is 3.89. The largest absolute Gasteiger partial charge is 0.379 e. The van der Waals surface area contributed by atoms with Crippen molar-refractivity contribution in [2.45, 2.75) is 32.2 Å². The van der Waals surface area contributed by atoms with Crippen LogP contribution < -0.4 is 11.1 Å². The Hall–Kier alpha value is -0.610. The fourth-order valence-corrected chi connectivity index (χ4v) is 1.57. The van der Waals surface area contributed by atoms with Crippen LogP contribution in [0.15, 0.2) is 0 Å². The van der Waals surface area contributed by atoms with Crippen LogP contribution in [0.5, 0.6) is 0 Å². The summed E-state index contributed by atoms with van der Waals surface area (Å²) < 4.78 is 5.26. The van der Waals surface area contributed by atoms with Crippen molar-refractivity contribution in [1.29, 1.82) is 0 Å². The van der Waals surface area contributed by atoms with Gasteiger partial charge in [-0.1, -0.05) is 6.92 Å². The zero-order chi connectivity index (χ0) is 10.6. The molecular formula is C10H20N2O2. The summed E-state index contributed by atoms with van der Waals surface area (Å²) in [6, 6.07) is 0. The highest BCUT2D eigenvalue weighted by atomic mass is 16.5. The molecule has 0 radical (unpaired) electrons. The van der Waals surface area contributed by atoms with Crippen LogP contribution in [-0.2, 0) is 9.53 Å². The van der Waals surface area contributed by atoms with E-state index in [0.29, 0.717) is 13.2 Å². The lowest BCUT2D eigenvalue weighted by molar-refractivity contribution is -0.126. The highest BCUT2D eigenvalue weighted by Gasteiger charge is 2.32. The van der Waals surface area contributed by atoms with E-state index < -0.39 is 0 Å². The van der Waals surface area contributed by atoms with Gasteiger partial charge in [0.1, 0.15) is 0 Å². The summed E-state index contributed by atoms with van der Waals surface area (Å²) in [5, 5.41) is 3.02. The van der Waals surface area contributed by atoms with Crippen LogP contribution in [0.1, 0.15) is 26.7 Å². The van der Waals surface area contributed by atoms with E-state index in [0.717, 1.165) is 19.4 Å². The first-order valence-electron chi connectivity index (χ1n) is 5.17. The highest BCUT2D eigenvalue weighted by molar-refractivity contribution is 5.79. The normalized spacial score (nSPS) is 28.8. The monoisotopic (exact) mass is 200 g/mol. The first-order valence-corrected chi connectivity index (χ1v) is 5.17. The van der Waals surface area contributed by atoms with Crippen LogP contribution in [0, 0.1) is 5.92 Å². The summed E-state index contributed by atoms with van der Waals surface area (Å²) in [7, 11) is 0. The van der Waals surface area contributed by atoms with E-state index in [1.807, 2.05) is 13.8 Å². The zero-order valence-electron chi connectivity index (χ0n) is 9.01. The fourth-order valence-electron chi connectivity index (χ4n) is 1.57. The van der Waals surface area contributed by atoms with Crippen LogP contribution in [-0.4, -0.2) is 31.2 Å². The van der Waals surface area contributed by atoms with E-state index in [2.05, 4.69) is 5.32 Å². The van der Waals surface area contributed by atoms with E-state index in [-0.39, 0.29) is 17.4 Å². The van der Waals surface area contributed by atoms with E-state index in [1.54, 1.807) is 0 Å². The molecule has 4 nitrogen and oxygen atoms in total. The molecule has 3 N–H and O–H groups in total. The van der Waals surface area contributed by atoms with E-state index in [9.17, 15) is 4.79 Å². The van der Waals surface area contributed by atoms with Gasteiger partial charge in [0, 0.05) is 12.5 Å². The van der Waals surface area contributed by atoms with E-state index in [1.165, 1.54) is 0 Å². The summed E-state index contributed by atoms with van der Waals surface area (Å²) in [6.45, 7) is 5.84. The molecule has 1 rings (SSSR count). The van der Waals surface area contributed by atoms with Crippen molar-refractivity contribution in [2.24, 2.45) is 11.7 Å². The first kappa shape index (κ1) is 11.5. The molecule has 1 saturated heterocycles. The fraction of sp³-hybridized carbons (Fsp3) is 0.900. The van der Waals surface area contributed by atoms with Crippen molar-refractivity contribution in [3.05, 3.63) is 0 Å². The number of ether oxygens (including phenoxy) is 1. The van der Waals surface area contributed by atoms with E-state index >= 15 is 0 Å². The standard InChI is InChI=1S/C10H20N2O2/c1-8(3-5-11)9(13)12-10(2)4-6-14-7-10/h8H,3-7,11H2,1-2H3,(H,12,13). The molecule has 1 amide bonds. The van der Waals surface area contributed by atoms with Gasteiger partial charge in [0.05, 0.1) is 12.1 Å². The number of nitrogens with two attached hydrogens (primary N) is 1. The maximum atomic E-state index is 11.7. The van der Waals surface area contributed by atoms with Crippen LogP contribution in [0.3, 0.4) is 0 Å². The van der Waals surface area contributed by atoms with Gasteiger partial charge in [0.25, 0.3) is 0 Å². The summed E-state index contributed by atoms with van der Waals surface area (Å²) >= 11 is 0. The number of hydrogen-bond acceptors (Lipinski definition) is 3. The molecule has 0 aromatic carbocycles. The average molecular weight is 200 g/mol. The molecule has 0 aliphatic carbocycles. The lowest BCUT2D eigenvalue weighted by atomic mass is 9.99. The van der Waals surface area contributed by atoms with Crippen molar-refractivity contribution in [3.63, 3.8) is 0 Å². The molecule has 0 saturated carbocycles. The predicted octanol–water partition coefficient (Wildman–Crippen LogP) is 0.267. The van der Waals surface area contributed by atoms with Crippen LogP contribution in [0.2, 0.25) is 0 Å². The maximum Gasteiger partial charge on any atom is 0.223 e. The Morgan fingerprint density at radius 1 is 1.71 bits per heavy atom. The number of nitrogens with one attached hydrogen (secondary N) is 1. The van der Waals surface area contributed by atoms with Gasteiger partial charge in [-0.05, 0) is 26.3 Å². The highest BCUT2D eigenvalue weighted by Crippen LogP contribution is 2.18. The van der Waals surface area contributed by atoms with Crippen LogP contribution in [0.4, 0.5) is 0 Å². The Balaban J connectivity index is 2.39. The van der Waals surface area contributed by atoms with Gasteiger partial charge < -0.3 is 15.8 Å². The number of hydrogen-bond donors (Lipinski definition) is 2. The number of carbonyl (C=O) groups is 1. The summed E-state index contributed by atoms with van der Waals surface area (Å²) in [4.78, 5) is 11.7. The van der Waals surface area contributed by atoms with Gasteiger partial charge >= 0.3 is 0 Å². The number of amides is 1. The quantitative estimate of drug-likeness (QED) is 0.684. The number of rotatable bonds is 4. The topological polar surface area (TPSA) is 64.4 Å². The molecule has 2 unspecified atom stereocenters. The van der Waals surface area contributed by atoms with Crippen molar-refractivity contribution in [1.82, 2.24) is 5.32 Å². The summed E-state index contributed by atoms with van der Waals surface area (Å²) in [6.07, 6.45) is 1.64. The third-order valence-electron chi connectivity index (χ3n) is 2.69. The Morgan fingerprint density at radius 3 is 2.93 bits per heavy atom. The summed E-state index contributed by atoms with van der Waals surface area (Å²) in [5.41, 5.74) is 5.24.